The van der Waals surface area contributed by atoms with E-state index in [0.717, 1.165) is 11.3 Å². The monoisotopic (exact) mass is 219 g/mol. The van der Waals surface area contributed by atoms with Gasteiger partial charge in [-0.25, -0.2) is 4.98 Å². The lowest BCUT2D eigenvalue weighted by Gasteiger charge is -2.05. The molecule has 7 heteroatoms. The molecule has 6 nitrogen and oxygen atoms in total. The smallest absolute Gasteiger partial charge is 0.512 e. The highest BCUT2D eigenvalue weighted by molar-refractivity contribution is 6.33. The summed E-state index contributed by atoms with van der Waals surface area (Å²) in [4.78, 5) is 6.73. The number of anilines is 1. The first-order chi connectivity index (χ1) is 7.65. The molecule has 0 saturated heterocycles. The van der Waals surface area contributed by atoms with Crippen molar-refractivity contribution in [3.63, 3.8) is 0 Å². The van der Waals surface area contributed by atoms with Crippen LogP contribution < -0.4 is 10.4 Å². The van der Waals surface area contributed by atoms with Crippen LogP contribution in [0.5, 0.6) is 5.75 Å². The molecule has 2 aromatic rings. The fraction of sp³-hybridized carbons (Fsp3) is 0. The molecular weight excluding hydrogens is 209 g/mol. The van der Waals surface area contributed by atoms with Crippen molar-refractivity contribution in [2.24, 2.45) is 0 Å². The average Bonchev–Trinajstić information content (AvgIpc) is 2.64. The Morgan fingerprint density at radius 2 is 2.19 bits per heavy atom. The number of H-pyrrole nitrogens is 1. The summed E-state index contributed by atoms with van der Waals surface area (Å²) in [6, 6.07) is 6.81. The lowest BCUT2D eigenvalue weighted by molar-refractivity contribution is 0.288. The van der Waals surface area contributed by atoms with Crippen molar-refractivity contribution in [3.05, 3.63) is 30.5 Å². The minimum atomic E-state index is -1.83. The topological polar surface area (TPSA) is 104 Å². The molecule has 0 aliphatic heterocycles. The number of nitrogen functional groups attached to an aromatic ring is 1. The quantitative estimate of drug-likeness (QED) is 0.544. The highest BCUT2D eigenvalue weighted by Crippen LogP contribution is 2.22. The molecule has 0 unspecified atom stereocenters. The van der Waals surface area contributed by atoms with Crippen LogP contribution in [0.4, 0.5) is 5.95 Å². The number of aromatic amines is 1. The Hall–Kier alpha value is -1.99. The summed E-state index contributed by atoms with van der Waals surface area (Å²) in [6.45, 7) is 0. The lowest BCUT2D eigenvalue weighted by atomic mass is 10.1. The maximum absolute atomic E-state index is 8.66. The van der Waals surface area contributed by atoms with Crippen LogP contribution in [0.1, 0.15) is 0 Å². The Labute approximate surface area is 91.9 Å². The molecule has 0 spiro atoms. The normalized spacial score (nSPS) is 10.1. The van der Waals surface area contributed by atoms with Gasteiger partial charge in [-0.2, -0.15) is 0 Å². The van der Waals surface area contributed by atoms with Gasteiger partial charge < -0.3 is 25.4 Å². The summed E-state index contributed by atoms with van der Waals surface area (Å²) < 4.78 is 4.73. The van der Waals surface area contributed by atoms with Crippen molar-refractivity contribution >= 4 is 13.3 Å². The maximum Gasteiger partial charge on any atom is 0.707 e. The van der Waals surface area contributed by atoms with E-state index in [-0.39, 0.29) is 0 Å². The standard InChI is InChI=1S/C9H10BN3O3/c11-9-12-5-8(13-9)6-2-1-3-7(4-6)16-10(14)15/h1-5,14-15H,(H3,11,12,13). The third-order valence-electron chi connectivity index (χ3n) is 1.98. The van der Waals surface area contributed by atoms with Gasteiger partial charge in [-0.05, 0) is 12.1 Å². The molecule has 5 N–H and O–H groups in total. The van der Waals surface area contributed by atoms with Gasteiger partial charge >= 0.3 is 7.32 Å². The molecule has 0 amide bonds. The molecule has 0 saturated carbocycles. The van der Waals surface area contributed by atoms with Gasteiger partial charge in [-0.15, -0.1) is 0 Å². The first kappa shape index (κ1) is 10.5. The average molecular weight is 219 g/mol. The van der Waals surface area contributed by atoms with E-state index in [1.54, 1.807) is 24.4 Å². The van der Waals surface area contributed by atoms with E-state index in [1.807, 2.05) is 6.07 Å². The number of aromatic nitrogens is 2. The van der Waals surface area contributed by atoms with Gasteiger partial charge in [0, 0.05) is 5.56 Å². The van der Waals surface area contributed by atoms with Crippen LogP contribution in [0.3, 0.4) is 0 Å². The molecule has 1 aromatic heterocycles. The second-order valence-electron chi connectivity index (χ2n) is 3.15. The molecule has 0 fully saturated rings. The number of hydrogen-bond donors (Lipinski definition) is 4. The zero-order valence-electron chi connectivity index (χ0n) is 8.29. The summed E-state index contributed by atoms with van der Waals surface area (Å²) >= 11 is 0. The van der Waals surface area contributed by atoms with Crippen molar-refractivity contribution in [2.75, 3.05) is 5.73 Å². The minimum absolute atomic E-state index is 0.323. The Morgan fingerprint density at radius 1 is 1.38 bits per heavy atom. The molecular formula is C9H10BN3O3. The number of rotatable bonds is 3. The van der Waals surface area contributed by atoms with E-state index >= 15 is 0 Å². The zero-order valence-corrected chi connectivity index (χ0v) is 8.29. The fourth-order valence-corrected chi connectivity index (χ4v) is 1.34. The third-order valence-corrected chi connectivity index (χ3v) is 1.98. The Morgan fingerprint density at radius 3 is 2.81 bits per heavy atom. The summed E-state index contributed by atoms with van der Waals surface area (Å²) in [5, 5.41) is 17.3. The summed E-state index contributed by atoms with van der Waals surface area (Å²) in [5.41, 5.74) is 6.98. The number of imidazole rings is 1. The number of hydrogen-bond acceptors (Lipinski definition) is 5. The first-order valence-electron chi connectivity index (χ1n) is 4.59. The predicted molar refractivity (Wildman–Crippen MR) is 59.3 cm³/mol. The molecule has 16 heavy (non-hydrogen) atoms. The summed E-state index contributed by atoms with van der Waals surface area (Å²) in [7, 11) is -1.83. The fourth-order valence-electron chi connectivity index (χ4n) is 1.34. The predicted octanol–water partition coefficient (Wildman–Crippen LogP) is 0.00720. The second-order valence-corrected chi connectivity index (χ2v) is 3.15. The molecule has 0 aliphatic rings. The third kappa shape index (κ3) is 2.33. The molecule has 2 rings (SSSR count). The van der Waals surface area contributed by atoms with Gasteiger partial charge in [0.25, 0.3) is 0 Å². The van der Waals surface area contributed by atoms with Gasteiger partial charge in [0.05, 0.1) is 11.9 Å². The van der Waals surface area contributed by atoms with E-state index in [4.69, 9.17) is 20.4 Å². The van der Waals surface area contributed by atoms with E-state index in [2.05, 4.69) is 9.97 Å². The van der Waals surface area contributed by atoms with Crippen molar-refractivity contribution in [3.8, 4) is 17.0 Å². The number of nitrogens with zero attached hydrogens (tertiary/aromatic N) is 1. The van der Waals surface area contributed by atoms with Crippen LogP contribution in [0, 0.1) is 0 Å². The number of nitrogens with two attached hydrogens (primary N) is 1. The number of benzene rings is 1. The van der Waals surface area contributed by atoms with Gasteiger partial charge in [-0.1, -0.05) is 12.1 Å². The van der Waals surface area contributed by atoms with Crippen molar-refractivity contribution < 1.29 is 14.7 Å². The van der Waals surface area contributed by atoms with Crippen LogP contribution in [-0.4, -0.2) is 27.3 Å². The molecule has 0 atom stereocenters. The van der Waals surface area contributed by atoms with Gasteiger partial charge in [0.2, 0.25) is 0 Å². The highest BCUT2D eigenvalue weighted by atomic mass is 16.6. The molecule has 0 aliphatic carbocycles. The van der Waals surface area contributed by atoms with E-state index in [0.29, 0.717) is 11.7 Å². The van der Waals surface area contributed by atoms with Crippen molar-refractivity contribution in [2.45, 2.75) is 0 Å². The van der Waals surface area contributed by atoms with Crippen LogP contribution in [0.15, 0.2) is 30.5 Å². The second kappa shape index (κ2) is 4.25. The van der Waals surface area contributed by atoms with Crippen molar-refractivity contribution in [1.82, 2.24) is 9.97 Å². The molecule has 0 bridgehead atoms. The van der Waals surface area contributed by atoms with Crippen LogP contribution in [0.25, 0.3) is 11.3 Å². The van der Waals surface area contributed by atoms with Crippen LogP contribution in [-0.2, 0) is 0 Å². The van der Waals surface area contributed by atoms with Crippen LogP contribution in [0.2, 0.25) is 0 Å². The van der Waals surface area contributed by atoms with E-state index < -0.39 is 7.32 Å². The van der Waals surface area contributed by atoms with E-state index in [1.165, 1.54) is 0 Å². The van der Waals surface area contributed by atoms with Gasteiger partial charge in [0.1, 0.15) is 5.75 Å². The largest absolute Gasteiger partial charge is 0.707 e. The van der Waals surface area contributed by atoms with Gasteiger partial charge in [0.15, 0.2) is 5.95 Å². The lowest BCUT2D eigenvalue weighted by Crippen LogP contribution is -2.20. The number of nitrogens with one attached hydrogen (secondary N) is 1. The van der Waals surface area contributed by atoms with E-state index in [9.17, 15) is 0 Å². The summed E-state index contributed by atoms with van der Waals surface area (Å²) in [6.07, 6.45) is 1.59. The van der Waals surface area contributed by atoms with Crippen molar-refractivity contribution in [1.29, 1.82) is 0 Å². The highest BCUT2D eigenvalue weighted by Gasteiger charge is 2.11. The molecule has 1 aromatic carbocycles. The summed E-state index contributed by atoms with van der Waals surface area (Å²) in [5.74, 6) is 0.671. The Kier molecular flexibility index (Phi) is 2.80. The molecule has 1 heterocycles. The van der Waals surface area contributed by atoms with Crippen LogP contribution >= 0.6 is 0 Å². The van der Waals surface area contributed by atoms with Gasteiger partial charge in [-0.3, -0.25) is 0 Å². The Balaban J connectivity index is 2.28. The molecule has 82 valence electrons. The zero-order chi connectivity index (χ0) is 11.5. The minimum Gasteiger partial charge on any atom is -0.512 e. The first-order valence-corrected chi connectivity index (χ1v) is 4.59. The SMILES string of the molecule is Nc1ncc(-c2cccc(OB(O)O)c2)[nH]1. The Bertz CT molecular complexity index is 486. The molecule has 0 radical (unpaired) electrons. The maximum atomic E-state index is 8.66.